The van der Waals surface area contributed by atoms with Gasteiger partial charge in [0.15, 0.2) is 0 Å². The average Bonchev–Trinajstić information content (AvgIpc) is 2.65. The van der Waals surface area contributed by atoms with Gasteiger partial charge in [-0.15, -0.1) is 0 Å². The van der Waals surface area contributed by atoms with E-state index in [1.807, 2.05) is 25.1 Å². The summed E-state index contributed by atoms with van der Waals surface area (Å²) in [6.45, 7) is 2.01. The lowest BCUT2D eigenvalue weighted by molar-refractivity contribution is 0.409. The zero-order valence-electron chi connectivity index (χ0n) is 14.4. The maximum absolute atomic E-state index is 12.5. The highest BCUT2D eigenvalue weighted by molar-refractivity contribution is 5.96. The Kier molecular flexibility index (Phi) is 3.84. The Morgan fingerprint density at radius 1 is 0.923 bits per heavy atom. The summed E-state index contributed by atoms with van der Waals surface area (Å²) in [5, 5.41) is 1.46. The van der Waals surface area contributed by atoms with Crippen molar-refractivity contribution in [1.29, 1.82) is 0 Å². The molecule has 26 heavy (non-hydrogen) atoms. The molecule has 0 N–H and O–H groups in total. The summed E-state index contributed by atoms with van der Waals surface area (Å²) >= 11 is 0. The van der Waals surface area contributed by atoms with E-state index in [1.165, 1.54) is 6.07 Å². The molecule has 0 saturated carbocycles. The van der Waals surface area contributed by atoms with Crippen molar-refractivity contribution in [3.05, 3.63) is 74.9 Å². The van der Waals surface area contributed by atoms with Gasteiger partial charge in [-0.3, -0.25) is 0 Å². The molecule has 2 aromatic heterocycles. The molecule has 4 aromatic rings. The molecule has 2 heterocycles. The van der Waals surface area contributed by atoms with Crippen LogP contribution < -0.4 is 16.0 Å². The minimum atomic E-state index is -0.536. The average molecular weight is 348 g/mol. The smallest absolute Gasteiger partial charge is 0.344 e. The molecule has 0 fully saturated rings. The number of methoxy groups -OCH3 is 1. The van der Waals surface area contributed by atoms with E-state index in [0.29, 0.717) is 33.4 Å². The number of benzene rings is 2. The van der Waals surface area contributed by atoms with Crippen LogP contribution in [0.15, 0.2) is 67.0 Å². The predicted octanol–water partition coefficient (Wildman–Crippen LogP) is 4.14. The Hall–Kier alpha value is -3.34. The Morgan fingerprint density at radius 3 is 2.50 bits per heavy atom. The van der Waals surface area contributed by atoms with Gasteiger partial charge in [0.05, 0.1) is 12.7 Å². The van der Waals surface area contributed by atoms with Crippen LogP contribution in [0.5, 0.6) is 5.75 Å². The molecule has 0 aliphatic carbocycles. The highest BCUT2D eigenvalue weighted by atomic mass is 16.5. The molecular formula is C21H16O5. The summed E-state index contributed by atoms with van der Waals surface area (Å²) in [5.74, 6) is 0.644. The van der Waals surface area contributed by atoms with Crippen LogP contribution in [0.2, 0.25) is 0 Å². The van der Waals surface area contributed by atoms with E-state index in [2.05, 4.69) is 0 Å². The van der Waals surface area contributed by atoms with Crippen molar-refractivity contribution in [3.63, 3.8) is 0 Å². The fraction of sp³-hybridized carbons (Fsp3) is 0.143. The van der Waals surface area contributed by atoms with Crippen LogP contribution in [0, 0.1) is 0 Å². The van der Waals surface area contributed by atoms with Crippen LogP contribution in [0.25, 0.3) is 33.1 Å². The molecule has 0 atom stereocenters. The first-order valence-corrected chi connectivity index (χ1v) is 8.28. The molecule has 0 bridgehead atoms. The molecule has 0 amide bonds. The van der Waals surface area contributed by atoms with Crippen LogP contribution in [0.1, 0.15) is 12.5 Å². The predicted molar refractivity (Wildman–Crippen MR) is 99.9 cm³/mol. The first-order chi connectivity index (χ1) is 12.6. The third-order valence-electron chi connectivity index (χ3n) is 4.46. The van der Waals surface area contributed by atoms with Gasteiger partial charge < -0.3 is 13.6 Å². The van der Waals surface area contributed by atoms with Crippen molar-refractivity contribution < 1.29 is 13.6 Å². The van der Waals surface area contributed by atoms with Gasteiger partial charge in [-0.1, -0.05) is 25.1 Å². The number of rotatable bonds is 3. The van der Waals surface area contributed by atoms with Gasteiger partial charge in [-0.2, -0.15) is 0 Å². The first-order valence-electron chi connectivity index (χ1n) is 8.28. The SMILES string of the molecule is CCc1cc2c(-c3cc4ccccc4oc3=O)cc(=O)oc2cc1OC. The fourth-order valence-electron chi connectivity index (χ4n) is 3.17. The first kappa shape index (κ1) is 16.1. The summed E-state index contributed by atoms with van der Waals surface area (Å²) < 4.78 is 16.1. The van der Waals surface area contributed by atoms with E-state index >= 15 is 0 Å². The van der Waals surface area contributed by atoms with E-state index in [1.54, 1.807) is 31.4 Å². The molecule has 0 spiro atoms. The summed E-state index contributed by atoms with van der Waals surface area (Å²) in [5.41, 5.74) is 1.62. The van der Waals surface area contributed by atoms with E-state index in [0.717, 1.165) is 17.4 Å². The minimum Gasteiger partial charge on any atom is -0.496 e. The van der Waals surface area contributed by atoms with Gasteiger partial charge in [0.2, 0.25) is 0 Å². The summed E-state index contributed by atoms with van der Waals surface area (Å²) in [7, 11) is 1.57. The number of hydrogen-bond acceptors (Lipinski definition) is 5. The number of para-hydroxylation sites is 1. The van der Waals surface area contributed by atoms with E-state index in [4.69, 9.17) is 13.6 Å². The van der Waals surface area contributed by atoms with E-state index < -0.39 is 11.3 Å². The van der Waals surface area contributed by atoms with Gasteiger partial charge in [0, 0.05) is 28.5 Å². The Morgan fingerprint density at radius 2 is 1.73 bits per heavy atom. The summed E-state index contributed by atoms with van der Waals surface area (Å²) in [6, 6.07) is 13.9. The standard InChI is InChI=1S/C21H16O5/c1-3-12-8-15-14(10-20(22)25-19(15)11-18(12)24-2)16-9-13-6-4-5-7-17(13)26-21(16)23/h4-11H,3H2,1-2H3. The monoisotopic (exact) mass is 348 g/mol. The topological polar surface area (TPSA) is 69.7 Å². The highest BCUT2D eigenvalue weighted by Gasteiger charge is 2.16. The lowest BCUT2D eigenvalue weighted by Crippen LogP contribution is -2.06. The van der Waals surface area contributed by atoms with Crippen LogP contribution in [-0.4, -0.2) is 7.11 Å². The molecule has 0 saturated heterocycles. The summed E-state index contributed by atoms with van der Waals surface area (Å²) in [4.78, 5) is 24.6. The second-order valence-corrected chi connectivity index (χ2v) is 5.98. The zero-order chi connectivity index (χ0) is 18.3. The fourth-order valence-corrected chi connectivity index (χ4v) is 3.17. The second kappa shape index (κ2) is 6.19. The quantitative estimate of drug-likeness (QED) is 0.521. The van der Waals surface area contributed by atoms with Gasteiger partial charge in [-0.05, 0) is 30.2 Å². The Bertz CT molecular complexity index is 1250. The molecule has 0 radical (unpaired) electrons. The number of fused-ring (bicyclic) bond motifs is 2. The third kappa shape index (κ3) is 2.58. The lowest BCUT2D eigenvalue weighted by atomic mass is 9.99. The Balaban J connectivity index is 2.10. The van der Waals surface area contributed by atoms with Crippen molar-refractivity contribution in [1.82, 2.24) is 0 Å². The van der Waals surface area contributed by atoms with Gasteiger partial charge >= 0.3 is 11.3 Å². The van der Waals surface area contributed by atoms with Crippen LogP contribution in [0.4, 0.5) is 0 Å². The zero-order valence-corrected chi connectivity index (χ0v) is 14.4. The molecule has 0 aliphatic heterocycles. The molecular weight excluding hydrogens is 332 g/mol. The van der Waals surface area contributed by atoms with Crippen molar-refractivity contribution in [2.24, 2.45) is 0 Å². The minimum absolute atomic E-state index is 0.328. The molecule has 5 nitrogen and oxygen atoms in total. The van der Waals surface area contributed by atoms with Crippen LogP contribution in [0.3, 0.4) is 0 Å². The maximum atomic E-state index is 12.5. The normalized spacial score (nSPS) is 11.2. The van der Waals surface area contributed by atoms with Crippen LogP contribution >= 0.6 is 0 Å². The lowest BCUT2D eigenvalue weighted by Gasteiger charge is -2.11. The highest BCUT2D eigenvalue weighted by Crippen LogP contribution is 2.32. The van der Waals surface area contributed by atoms with Gasteiger partial charge in [-0.25, -0.2) is 9.59 Å². The van der Waals surface area contributed by atoms with E-state index in [9.17, 15) is 9.59 Å². The number of aryl methyl sites for hydroxylation is 1. The molecule has 0 unspecified atom stereocenters. The van der Waals surface area contributed by atoms with Crippen molar-refractivity contribution in [3.8, 4) is 16.9 Å². The Labute approximate surface area is 148 Å². The molecule has 2 aromatic carbocycles. The molecule has 4 rings (SSSR count). The largest absolute Gasteiger partial charge is 0.496 e. The molecule has 130 valence electrons. The van der Waals surface area contributed by atoms with Gasteiger partial charge in [0.1, 0.15) is 16.9 Å². The van der Waals surface area contributed by atoms with Crippen molar-refractivity contribution in [2.75, 3.05) is 7.11 Å². The second-order valence-electron chi connectivity index (χ2n) is 5.98. The van der Waals surface area contributed by atoms with Crippen molar-refractivity contribution in [2.45, 2.75) is 13.3 Å². The number of ether oxygens (including phenoxy) is 1. The summed E-state index contributed by atoms with van der Waals surface area (Å²) in [6.07, 6.45) is 0.740. The molecule has 5 heteroatoms. The number of hydrogen-bond donors (Lipinski definition) is 0. The van der Waals surface area contributed by atoms with Crippen molar-refractivity contribution >= 4 is 21.9 Å². The van der Waals surface area contributed by atoms with E-state index in [-0.39, 0.29) is 0 Å². The maximum Gasteiger partial charge on any atom is 0.344 e. The molecule has 0 aliphatic rings. The third-order valence-corrected chi connectivity index (χ3v) is 4.46. The van der Waals surface area contributed by atoms with Crippen LogP contribution in [-0.2, 0) is 6.42 Å². The van der Waals surface area contributed by atoms with Gasteiger partial charge in [0.25, 0.3) is 0 Å².